The number of hydrogen-bond donors (Lipinski definition) is 1. The molecule has 1 N–H and O–H groups in total. The van der Waals surface area contributed by atoms with E-state index >= 15 is 0 Å². The summed E-state index contributed by atoms with van der Waals surface area (Å²) >= 11 is 0. The first kappa shape index (κ1) is 18.2. The Morgan fingerprint density at radius 3 is 2.78 bits per heavy atom. The number of aromatic nitrogens is 3. The Hall–Kier alpha value is -2.15. The van der Waals surface area contributed by atoms with Crippen molar-refractivity contribution < 1.29 is 9.32 Å². The van der Waals surface area contributed by atoms with E-state index in [1.54, 1.807) is 6.33 Å². The zero-order chi connectivity index (χ0) is 19.0. The standard InChI is InChI=1S/C20H29N5O2/c1-4-18(26)25-8-5-16-19(22-13-21-16)20(25)6-9-24(10-7-20)12-15-11-17(14(2)3)23-27-15/h11,13-14H,4-10,12H2,1-3H3,(H,21,22). The van der Waals surface area contributed by atoms with Gasteiger partial charge in [-0.15, -0.1) is 0 Å². The van der Waals surface area contributed by atoms with E-state index in [4.69, 9.17) is 4.52 Å². The van der Waals surface area contributed by atoms with Crippen LogP contribution in [0.2, 0.25) is 0 Å². The van der Waals surface area contributed by atoms with E-state index in [2.05, 4.69) is 44.8 Å². The van der Waals surface area contributed by atoms with Crippen molar-refractivity contribution in [1.29, 1.82) is 0 Å². The summed E-state index contributed by atoms with van der Waals surface area (Å²) in [5.41, 5.74) is 3.02. The summed E-state index contributed by atoms with van der Waals surface area (Å²) in [6, 6.07) is 2.06. The van der Waals surface area contributed by atoms with Gasteiger partial charge in [0.15, 0.2) is 5.76 Å². The van der Waals surface area contributed by atoms with Crippen molar-refractivity contribution in [2.45, 2.75) is 64.5 Å². The molecule has 1 fully saturated rings. The molecule has 1 spiro atoms. The molecule has 0 atom stereocenters. The number of H-pyrrole nitrogens is 1. The van der Waals surface area contributed by atoms with Crippen LogP contribution < -0.4 is 0 Å². The molecule has 1 saturated heterocycles. The summed E-state index contributed by atoms with van der Waals surface area (Å²) in [4.78, 5) is 25.1. The summed E-state index contributed by atoms with van der Waals surface area (Å²) in [6.07, 6.45) is 4.99. The van der Waals surface area contributed by atoms with E-state index < -0.39 is 0 Å². The molecule has 0 radical (unpaired) electrons. The van der Waals surface area contributed by atoms with Crippen molar-refractivity contribution in [2.75, 3.05) is 19.6 Å². The highest BCUT2D eigenvalue weighted by atomic mass is 16.5. The van der Waals surface area contributed by atoms with E-state index in [0.717, 1.165) is 62.6 Å². The van der Waals surface area contributed by atoms with Crippen molar-refractivity contribution in [2.24, 2.45) is 0 Å². The topological polar surface area (TPSA) is 78.3 Å². The molecule has 0 unspecified atom stereocenters. The van der Waals surface area contributed by atoms with Crippen LogP contribution in [0.4, 0.5) is 0 Å². The summed E-state index contributed by atoms with van der Waals surface area (Å²) < 4.78 is 5.51. The zero-order valence-corrected chi connectivity index (χ0v) is 16.5. The number of aromatic amines is 1. The van der Waals surface area contributed by atoms with Gasteiger partial charge >= 0.3 is 0 Å². The Balaban J connectivity index is 1.51. The minimum Gasteiger partial charge on any atom is -0.360 e. The number of fused-ring (bicyclic) bond motifs is 2. The Labute approximate surface area is 160 Å². The van der Waals surface area contributed by atoms with E-state index in [9.17, 15) is 4.79 Å². The van der Waals surface area contributed by atoms with Gasteiger partial charge in [-0.05, 0) is 18.8 Å². The maximum absolute atomic E-state index is 12.7. The number of nitrogens with zero attached hydrogens (tertiary/aromatic N) is 4. The van der Waals surface area contributed by atoms with Crippen molar-refractivity contribution in [3.8, 4) is 0 Å². The molecular weight excluding hydrogens is 342 g/mol. The molecule has 27 heavy (non-hydrogen) atoms. The molecule has 2 aliphatic heterocycles. The summed E-state index contributed by atoms with van der Waals surface area (Å²) in [6.45, 7) is 9.56. The number of carbonyl (C=O) groups excluding carboxylic acids is 1. The molecule has 7 heteroatoms. The van der Waals surface area contributed by atoms with Gasteiger partial charge in [0.1, 0.15) is 0 Å². The molecule has 0 bridgehead atoms. The van der Waals surface area contributed by atoms with E-state index in [1.165, 1.54) is 5.69 Å². The molecule has 0 saturated carbocycles. The minimum absolute atomic E-state index is 0.230. The normalized spacial score (nSPS) is 19.6. The fraction of sp³-hybridized carbons (Fsp3) is 0.650. The summed E-state index contributed by atoms with van der Waals surface area (Å²) in [5, 5.41) is 4.16. The Morgan fingerprint density at radius 1 is 1.33 bits per heavy atom. The van der Waals surface area contributed by atoms with Gasteiger partial charge in [0.25, 0.3) is 0 Å². The maximum atomic E-state index is 12.7. The number of nitrogens with one attached hydrogen (secondary N) is 1. The largest absolute Gasteiger partial charge is 0.360 e. The number of rotatable bonds is 4. The fourth-order valence-electron chi connectivity index (χ4n) is 4.52. The van der Waals surface area contributed by atoms with E-state index in [-0.39, 0.29) is 11.4 Å². The van der Waals surface area contributed by atoms with Crippen LogP contribution in [0.25, 0.3) is 0 Å². The third kappa shape index (κ3) is 3.18. The third-order valence-electron chi connectivity index (χ3n) is 6.10. The van der Waals surface area contributed by atoms with Crippen LogP contribution in [0.1, 0.15) is 68.8 Å². The minimum atomic E-state index is -0.262. The summed E-state index contributed by atoms with van der Waals surface area (Å²) in [5.74, 6) is 1.52. The van der Waals surface area contributed by atoms with Gasteiger partial charge in [-0.2, -0.15) is 0 Å². The molecule has 0 aliphatic carbocycles. The van der Waals surface area contributed by atoms with Crippen LogP contribution in [0.5, 0.6) is 0 Å². The van der Waals surface area contributed by atoms with Gasteiger partial charge in [0.2, 0.25) is 5.91 Å². The van der Waals surface area contributed by atoms with Crippen LogP contribution in [-0.2, 0) is 23.3 Å². The highest BCUT2D eigenvalue weighted by Gasteiger charge is 2.48. The van der Waals surface area contributed by atoms with Gasteiger partial charge in [-0.25, -0.2) is 4.98 Å². The number of carbonyl (C=O) groups is 1. The number of likely N-dealkylation sites (tertiary alicyclic amines) is 1. The van der Waals surface area contributed by atoms with Crippen LogP contribution in [0.15, 0.2) is 16.9 Å². The lowest BCUT2D eigenvalue weighted by molar-refractivity contribution is -0.141. The van der Waals surface area contributed by atoms with Gasteiger partial charge in [-0.3, -0.25) is 9.69 Å². The second kappa shape index (κ2) is 7.11. The van der Waals surface area contributed by atoms with Crippen LogP contribution in [0, 0.1) is 0 Å². The van der Waals surface area contributed by atoms with Crippen LogP contribution in [-0.4, -0.2) is 50.5 Å². The number of piperidine rings is 1. The molecule has 4 heterocycles. The first-order valence-corrected chi connectivity index (χ1v) is 10.0. The lowest BCUT2D eigenvalue weighted by Crippen LogP contribution is -2.58. The zero-order valence-electron chi connectivity index (χ0n) is 16.5. The molecule has 2 aromatic rings. The highest BCUT2D eigenvalue weighted by molar-refractivity contribution is 5.77. The number of hydrogen-bond acceptors (Lipinski definition) is 5. The quantitative estimate of drug-likeness (QED) is 0.894. The second-order valence-electron chi connectivity index (χ2n) is 8.06. The van der Waals surface area contributed by atoms with Crippen LogP contribution in [0.3, 0.4) is 0 Å². The molecule has 146 valence electrons. The van der Waals surface area contributed by atoms with E-state index in [0.29, 0.717) is 12.3 Å². The van der Waals surface area contributed by atoms with Crippen LogP contribution >= 0.6 is 0 Å². The SMILES string of the molecule is CCC(=O)N1CCc2[nH]cnc2C12CCN(Cc1cc(C(C)C)no1)CC2. The molecular formula is C20H29N5O2. The molecule has 2 aliphatic rings. The van der Waals surface area contributed by atoms with Gasteiger partial charge in [0, 0.05) is 44.2 Å². The van der Waals surface area contributed by atoms with Crippen molar-refractivity contribution in [3.05, 3.63) is 35.2 Å². The molecule has 4 rings (SSSR count). The molecule has 1 amide bonds. The third-order valence-corrected chi connectivity index (χ3v) is 6.10. The smallest absolute Gasteiger partial charge is 0.223 e. The van der Waals surface area contributed by atoms with Crippen molar-refractivity contribution in [3.63, 3.8) is 0 Å². The lowest BCUT2D eigenvalue weighted by Gasteiger charge is -2.50. The average Bonchev–Trinajstić information content (AvgIpc) is 3.33. The first-order valence-electron chi connectivity index (χ1n) is 10.0. The predicted molar refractivity (Wildman–Crippen MR) is 101 cm³/mol. The molecule has 2 aromatic heterocycles. The van der Waals surface area contributed by atoms with E-state index in [1.807, 2.05) is 6.92 Å². The predicted octanol–water partition coefficient (Wildman–Crippen LogP) is 2.81. The second-order valence-corrected chi connectivity index (χ2v) is 8.06. The summed E-state index contributed by atoms with van der Waals surface area (Å²) in [7, 11) is 0. The van der Waals surface area contributed by atoms with Gasteiger partial charge in [-0.1, -0.05) is 25.9 Å². The van der Waals surface area contributed by atoms with Gasteiger partial charge in [0.05, 0.1) is 29.8 Å². The fourth-order valence-corrected chi connectivity index (χ4v) is 4.52. The van der Waals surface area contributed by atoms with Crippen molar-refractivity contribution in [1.82, 2.24) is 24.9 Å². The van der Waals surface area contributed by atoms with Crippen molar-refractivity contribution >= 4 is 5.91 Å². The first-order chi connectivity index (χ1) is 13.0. The number of amides is 1. The monoisotopic (exact) mass is 371 g/mol. The Kier molecular flexibility index (Phi) is 4.80. The molecule has 0 aromatic carbocycles. The maximum Gasteiger partial charge on any atom is 0.223 e. The highest BCUT2D eigenvalue weighted by Crippen LogP contribution is 2.42. The Bertz CT molecular complexity index is 801. The average molecular weight is 371 g/mol. The molecule has 7 nitrogen and oxygen atoms in total. The Morgan fingerprint density at radius 2 is 2.11 bits per heavy atom. The van der Waals surface area contributed by atoms with Gasteiger partial charge < -0.3 is 14.4 Å². The lowest BCUT2D eigenvalue weighted by atomic mass is 9.78. The number of imidazole rings is 1.